The highest BCUT2D eigenvalue weighted by Crippen LogP contribution is 1.72. The van der Waals surface area contributed by atoms with Crippen LogP contribution < -0.4 is 0 Å². The van der Waals surface area contributed by atoms with E-state index in [4.69, 9.17) is 0 Å². The van der Waals surface area contributed by atoms with Crippen molar-refractivity contribution in [2.24, 2.45) is 0 Å². The lowest BCUT2D eigenvalue weighted by atomic mass is 10.7. The second kappa shape index (κ2) is 5.04. The van der Waals surface area contributed by atoms with E-state index in [-0.39, 0.29) is 0 Å². The molecule has 0 aliphatic carbocycles. The van der Waals surface area contributed by atoms with E-state index < -0.39 is 0 Å². The summed E-state index contributed by atoms with van der Waals surface area (Å²) in [6.45, 7) is 0. The molecule has 11 heavy (non-hydrogen) atoms. The maximum absolute atomic E-state index is 3.36. The molecule has 5 heteroatoms. The molecule has 0 amide bonds. The summed E-state index contributed by atoms with van der Waals surface area (Å²) in [5, 5.41) is 13.4. The first-order chi connectivity index (χ1) is 5.50. The molecule has 56 valence electrons. The summed E-state index contributed by atoms with van der Waals surface area (Å²) < 4.78 is 0. The molecular weight excluding hydrogens is 142 g/mol. The second-order valence-corrected chi connectivity index (χ2v) is 1.58. The van der Waals surface area contributed by atoms with Crippen LogP contribution in [-0.2, 0) is 0 Å². The number of aromatic nitrogens is 5. The molecule has 5 nitrogen and oxygen atoms in total. The van der Waals surface area contributed by atoms with Crippen molar-refractivity contribution in [1.82, 2.24) is 25.4 Å². The predicted molar refractivity (Wildman–Crippen MR) is 38.4 cm³/mol. The van der Waals surface area contributed by atoms with Gasteiger partial charge in [0.1, 0.15) is 0 Å². The van der Waals surface area contributed by atoms with Crippen LogP contribution in [0.3, 0.4) is 0 Å². The fourth-order valence-corrected chi connectivity index (χ4v) is 0.443. The summed E-state index contributed by atoms with van der Waals surface area (Å²) >= 11 is 0. The number of nitrogens with zero attached hydrogens (tertiary/aromatic N) is 4. The van der Waals surface area contributed by atoms with Gasteiger partial charge in [-0.2, -0.15) is 0 Å². The summed E-state index contributed by atoms with van der Waals surface area (Å²) in [5.41, 5.74) is 0. The summed E-state index contributed by atoms with van der Waals surface area (Å²) in [7, 11) is 0. The molecule has 0 saturated carbocycles. The van der Waals surface area contributed by atoms with Crippen molar-refractivity contribution in [2.45, 2.75) is 0 Å². The van der Waals surface area contributed by atoms with Gasteiger partial charge >= 0.3 is 0 Å². The Kier molecular flexibility index (Phi) is 3.36. The Balaban J connectivity index is 0.000000112. The third-order valence-corrected chi connectivity index (χ3v) is 0.836. The molecule has 0 bridgehead atoms. The van der Waals surface area contributed by atoms with Crippen LogP contribution in [0, 0.1) is 0 Å². The van der Waals surface area contributed by atoms with E-state index in [9.17, 15) is 0 Å². The van der Waals surface area contributed by atoms with Crippen LogP contribution in [0.25, 0.3) is 0 Å². The van der Waals surface area contributed by atoms with Crippen LogP contribution in [-0.4, -0.2) is 25.4 Å². The van der Waals surface area contributed by atoms with Crippen LogP contribution >= 0.6 is 0 Å². The third kappa shape index (κ3) is 3.74. The highest BCUT2D eigenvalue weighted by atomic mass is 15.2. The standard InChI is InChI=1S/C4H5N.C2H2N4/c1-2-4-5-3-1;1-3-5-2-6-4-1/h1-5H;1-2H. The molecule has 0 saturated heterocycles. The number of H-pyrrole nitrogens is 1. The van der Waals surface area contributed by atoms with Gasteiger partial charge in [0, 0.05) is 12.4 Å². The van der Waals surface area contributed by atoms with Crippen molar-refractivity contribution in [3.63, 3.8) is 0 Å². The van der Waals surface area contributed by atoms with Gasteiger partial charge in [0.05, 0.1) is 0 Å². The second-order valence-electron chi connectivity index (χ2n) is 1.58. The minimum Gasteiger partial charge on any atom is -0.368 e. The van der Waals surface area contributed by atoms with Crippen molar-refractivity contribution >= 4 is 0 Å². The van der Waals surface area contributed by atoms with E-state index in [0.29, 0.717) is 0 Å². The Morgan fingerprint density at radius 1 is 0.727 bits per heavy atom. The molecule has 2 aromatic rings. The fraction of sp³-hybridized carbons (Fsp3) is 0. The summed E-state index contributed by atoms with van der Waals surface area (Å²) in [6.07, 6.45) is 6.31. The van der Waals surface area contributed by atoms with Crippen molar-refractivity contribution in [1.29, 1.82) is 0 Å². The van der Waals surface area contributed by atoms with Gasteiger partial charge in [-0.3, -0.25) is 0 Å². The summed E-state index contributed by atoms with van der Waals surface area (Å²) in [5.74, 6) is 0. The first kappa shape index (κ1) is 7.33. The van der Waals surface area contributed by atoms with E-state index in [1.54, 1.807) is 0 Å². The molecule has 0 spiro atoms. The van der Waals surface area contributed by atoms with Crippen molar-refractivity contribution < 1.29 is 0 Å². The lowest BCUT2D eigenvalue weighted by Gasteiger charge is -1.68. The smallest absolute Gasteiger partial charge is 0.160 e. The van der Waals surface area contributed by atoms with Crippen molar-refractivity contribution in [3.05, 3.63) is 37.2 Å². The molecule has 1 N–H and O–H groups in total. The topological polar surface area (TPSA) is 67.3 Å². The van der Waals surface area contributed by atoms with E-state index in [0.717, 1.165) is 0 Å². The highest BCUT2D eigenvalue weighted by Gasteiger charge is 1.61. The highest BCUT2D eigenvalue weighted by molar-refractivity contribution is 4.84. The Labute approximate surface area is 63.5 Å². The summed E-state index contributed by atoms with van der Waals surface area (Å²) in [4.78, 5) is 2.86. The Hall–Kier alpha value is -1.78. The van der Waals surface area contributed by atoms with Gasteiger partial charge in [0.25, 0.3) is 0 Å². The Bertz CT molecular complexity index is 197. The molecule has 0 atom stereocenters. The fourth-order valence-electron chi connectivity index (χ4n) is 0.443. The quantitative estimate of drug-likeness (QED) is 0.584. The first-order valence-corrected chi connectivity index (χ1v) is 3.01. The van der Waals surface area contributed by atoms with E-state index in [2.05, 4.69) is 25.4 Å². The monoisotopic (exact) mass is 149 g/mol. The molecule has 2 heterocycles. The number of hydrogen-bond donors (Lipinski definition) is 1. The number of nitrogens with one attached hydrogen (secondary N) is 1. The van der Waals surface area contributed by atoms with E-state index >= 15 is 0 Å². The largest absolute Gasteiger partial charge is 0.368 e. The number of hydrogen-bond acceptors (Lipinski definition) is 4. The first-order valence-electron chi connectivity index (χ1n) is 3.01. The van der Waals surface area contributed by atoms with Gasteiger partial charge in [-0.25, -0.2) is 0 Å². The lowest BCUT2D eigenvalue weighted by molar-refractivity contribution is 0.853. The SMILES string of the molecule is c1cc[nH]c1.c1nncnn1. The van der Waals surface area contributed by atoms with Crippen LogP contribution in [0.5, 0.6) is 0 Å². The molecule has 0 aromatic carbocycles. The van der Waals surface area contributed by atoms with Crippen molar-refractivity contribution in [2.75, 3.05) is 0 Å². The van der Waals surface area contributed by atoms with Gasteiger partial charge in [0.15, 0.2) is 12.7 Å². The minimum absolute atomic E-state index is 1.28. The third-order valence-electron chi connectivity index (χ3n) is 0.836. The maximum Gasteiger partial charge on any atom is 0.160 e. The van der Waals surface area contributed by atoms with E-state index in [1.807, 2.05) is 24.5 Å². The zero-order chi connectivity index (χ0) is 7.78. The van der Waals surface area contributed by atoms with Gasteiger partial charge in [0.2, 0.25) is 0 Å². The van der Waals surface area contributed by atoms with E-state index in [1.165, 1.54) is 12.7 Å². The molecule has 0 unspecified atom stereocenters. The molecule has 2 rings (SSSR count). The Morgan fingerprint density at radius 2 is 1.18 bits per heavy atom. The molecule has 0 radical (unpaired) electrons. The Morgan fingerprint density at radius 3 is 1.36 bits per heavy atom. The predicted octanol–water partition coefficient (Wildman–Crippen LogP) is 0.281. The van der Waals surface area contributed by atoms with Gasteiger partial charge in [-0.15, -0.1) is 20.4 Å². The number of rotatable bonds is 0. The molecule has 0 aliphatic heterocycles. The molecular formula is C6H7N5. The van der Waals surface area contributed by atoms with Crippen LogP contribution in [0.4, 0.5) is 0 Å². The van der Waals surface area contributed by atoms with Crippen LogP contribution in [0.1, 0.15) is 0 Å². The van der Waals surface area contributed by atoms with Gasteiger partial charge in [-0.1, -0.05) is 0 Å². The van der Waals surface area contributed by atoms with Crippen molar-refractivity contribution in [3.8, 4) is 0 Å². The van der Waals surface area contributed by atoms with Gasteiger partial charge in [-0.05, 0) is 12.1 Å². The normalized spacial score (nSPS) is 8.00. The summed E-state index contributed by atoms with van der Waals surface area (Å²) in [6, 6.07) is 3.89. The van der Waals surface area contributed by atoms with Crippen LogP contribution in [0.2, 0.25) is 0 Å². The zero-order valence-corrected chi connectivity index (χ0v) is 5.75. The van der Waals surface area contributed by atoms with Gasteiger partial charge < -0.3 is 4.98 Å². The molecule has 2 aromatic heterocycles. The molecule has 0 aliphatic rings. The van der Waals surface area contributed by atoms with Crippen LogP contribution in [0.15, 0.2) is 37.2 Å². The minimum atomic E-state index is 1.28. The average molecular weight is 149 g/mol. The average Bonchev–Trinajstić information content (AvgIpc) is 2.64. The molecule has 0 fully saturated rings. The zero-order valence-electron chi connectivity index (χ0n) is 5.75. The lowest BCUT2D eigenvalue weighted by Crippen LogP contribution is -1.81. The number of aromatic amines is 1. The maximum atomic E-state index is 3.36.